The first-order chi connectivity index (χ1) is 16.2. The van der Waals surface area contributed by atoms with Gasteiger partial charge in [0.1, 0.15) is 12.4 Å². The molecular weight excluding hydrogens is 452 g/mol. The zero-order valence-electron chi connectivity index (χ0n) is 20.6. The lowest BCUT2D eigenvalue weighted by molar-refractivity contribution is -0.145. The summed E-state index contributed by atoms with van der Waals surface area (Å²) >= 11 is 1.31. The van der Waals surface area contributed by atoms with E-state index in [4.69, 9.17) is 9.47 Å². The molecule has 34 heavy (non-hydrogen) atoms. The van der Waals surface area contributed by atoms with Gasteiger partial charge in [0.25, 0.3) is 0 Å². The summed E-state index contributed by atoms with van der Waals surface area (Å²) in [7, 11) is 1.56. The Kier molecular flexibility index (Phi) is 8.44. The van der Waals surface area contributed by atoms with Crippen LogP contribution in [0.15, 0.2) is 29.6 Å². The van der Waals surface area contributed by atoms with Crippen LogP contribution >= 0.6 is 11.3 Å². The highest BCUT2D eigenvalue weighted by atomic mass is 32.1. The van der Waals surface area contributed by atoms with Gasteiger partial charge in [-0.3, -0.25) is 19.2 Å². The van der Waals surface area contributed by atoms with Crippen molar-refractivity contribution in [3.8, 4) is 5.75 Å². The van der Waals surface area contributed by atoms with E-state index in [1.54, 1.807) is 24.6 Å². The van der Waals surface area contributed by atoms with Gasteiger partial charge in [0.15, 0.2) is 5.13 Å². The predicted octanol–water partition coefficient (Wildman–Crippen LogP) is 4.98. The van der Waals surface area contributed by atoms with Crippen molar-refractivity contribution in [2.24, 2.45) is 5.92 Å². The Balaban J connectivity index is 1.61. The molecule has 182 valence electrons. The number of amides is 1. The van der Waals surface area contributed by atoms with E-state index in [1.165, 1.54) is 23.2 Å². The van der Waals surface area contributed by atoms with Gasteiger partial charge in [-0.2, -0.15) is 5.10 Å². The van der Waals surface area contributed by atoms with Crippen molar-refractivity contribution in [2.75, 3.05) is 12.0 Å². The van der Waals surface area contributed by atoms with Crippen LogP contribution < -0.4 is 9.64 Å². The lowest BCUT2D eigenvalue weighted by Gasteiger charge is -2.20. The summed E-state index contributed by atoms with van der Waals surface area (Å²) in [5, 5.41) is 6.89. The Morgan fingerprint density at radius 3 is 2.62 bits per heavy atom. The van der Waals surface area contributed by atoms with Crippen LogP contribution in [0.1, 0.15) is 49.8 Å². The number of rotatable bonds is 10. The lowest BCUT2D eigenvalue weighted by atomic mass is 10.1. The smallest absolute Gasteiger partial charge is 0.306 e. The van der Waals surface area contributed by atoms with Gasteiger partial charge in [0.05, 0.1) is 24.2 Å². The van der Waals surface area contributed by atoms with Gasteiger partial charge in [0.2, 0.25) is 5.91 Å². The summed E-state index contributed by atoms with van der Waals surface area (Å²) in [6, 6.07) is 7.26. The van der Waals surface area contributed by atoms with Gasteiger partial charge in [0, 0.05) is 31.0 Å². The maximum atomic E-state index is 12.4. The number of nitrogens with zero attached hydrogens (tertiary/aromatic N) is 4. The number of aromatic nitrogens is 3. The molecule has 0 N–H and O–H groups in total. The summed E-state index contributed by atoms with van der Waals surface area (Å²) in [6.45, 7) is 10.7. The largest absolute Gasteiger partial charge is 0.495 e. The Morgan fingerprint density at radius 1 is 1.21 bits per heavy atom. The van der Waals surface area contributed by atoms with Gasteiger partial charge >= 0.3 is 5.97 Å². The minimum absolute atomic E-state index is 0.0532. The van der Waals surface area contributed by atoms with Crippen LogP contribution in [-0.4, -0.2) is 33.8 Å². The van der Waals surface area contributed by atoms with E-state index in [-0.39, 0.29) is 24.9 Å². The number of hydrogen-bond donors (Lipinski definition) is 0. The van der Waals surface area contributed by atoms with E-state index in [2.05, 4.69) is 23.9 Å². The third-order valence-corrected chi connectivity index (χ3v) is 6.28. The van der Waals surface area contributed by atoms with Crippen LogP contribution in [0, 0.1) is 19.8 Å². The molecule has 0 aliphatic carbocycles. The summed E-state index contributed by atoms with van der Waals surface area (Å²) in [5.41, 5.74) is 4.35. The van der Waals surface area contributed by atoms with Crippen LogP contribution in [0.5, 0.6) is 5.75 Å². The zero-order valence-corrected chi connectivity index (χ0v) is 21.4. The summed E-state index contributed by atoms with van der Waals surface area (Å²) < 4.78 is 12.9. The highest BCUT2D eigenvalue weighted by Gasteiger charge is 2.21. The molecule has 1 aromatic carbocycles. The summed E-state index contributed by atoms with van der Waals surface area (Å²) in [5.74, 6) is 0.591. The van der Waals surface area contributed by atoms with Crippen molar-refractivity contribution in [1.82, 2.24) is 14.8 Å². The fourth-order valence-electron chi connectivity index (χ4n) is 3.76. The summed E-state index contributed by atoms with van der Waals surface area (Å²) in [6.07, 6.45) is 0.857. The normalized spacial score (nSPS) is 11.0. The molecule has 1 amide bonds. The lowest BCUT2D eigenvalue weighted by Crippen LogP contribution is -2.23. The first kappa shape index (κ1) is 25.4. The standard InChI is InChI=1S/C25H32N4O4S/c1-16(2)13-28-18(4)21(17(3)27-28)11-12-24(31)33-14-20-15-34-25(26-20)29(19(5)30)22-9-7-8-10-23(22)32-6/h7-10,15-16H,11-14H2,1-6H3. The zero-order chi connectivity index (χ0) is 24.8. The molecule has 0 bridgehead atoms. The van der Waals surface area contributed by atoms with Gasteiger partial charge in [-0.1, -0.05) is 26.0 Å². The molecule has 0 aliphatic heterocycles. The molecule has 8 nitrogen and oxygen atoms in total. The Morgan fingerprint density at radius 2 is 1.94 bits per heavy atom. The van der Waals surface area contributed by atoms with Crippen molar-refractivity contribution in [2.45, 2.75) is 60.6 Å². The van der Waals surface area contributed by atoms with Crippen LogP contribution in [-0.2, 0) is 33.9 Å². The molecule has 2 heterocycles. The predicted molar refractivity (Wildman–Crippen MR) is 133 cm³/mol. The fourth-order valence-corrected chi connectivity index (χ4v) is 4.62. The van der Waals surface area contributed by atoms with E-state index in [1.807, 2.05) is 30.7 Å². The molecule has 0 unspecified atom stereocenters. The molecule has 3 rings (SSSR count). The second-order valence-corrected chi connectivity index (χ2v) is 9.37. The molecule has 2 aromatic heterocycles. The van der Waals surface area contributed by atoms with Crippen LogP contribution in [0.2, 0.25) is 0 Å². The average molecular weight is 485 g/mol. The number of aryl methyl sites for hydroxylation is 1. The molecule has 0 saturated heterocycles. The third-order valence-electron chi connectivity index (χ3n) is 5.40. The highest BCUT2D eigenvalue weighted by molar-refractivity contribution is 7.14. The molecule has 0 atom stereocenters. The molecule has 0 fully saturated rings. The second kappa shape index (κ2) is 11.3. The number of anilines is 2. The quantitative estimate of drug-likeness (QED) is 0.377. The van der Waals surface area contributed by atoms with Gasteiger partial charge < -0.3 is 9.47 Å². The number of hydrogen-bond acceptors (Lipinski definition) is 7. The van der Waals surface area contributed by atoms with E-state index in [9.17, 15) is 9.59 Å². The molecule has 0 spiro atoms. The number of para-hydroxylation sites is 2. The number of thiazole rings is 1. The van der Waals surface area contributed by atoms with Gasteiger partial charge in [-0.15, -0.1) is 11.3 Å². The molecular formula is C25H32N4O4S. The molecule has 9 heteroatoms. The number of esters is 1. The fraction of sp³-hybridized carbons (Fsp3) is 0.440. The first-order valence-corrected chi connectivity index (χ1v) is 12.2. The van der Waals surface area contributed by atoms with Crippen molar-refractivity contribution in [3.05, 3.63) is 52.3 Å². The Bertz CT molecular complexity index is 1150. The second-order valence-electron chi connectivity index (χ2n) is 8.53. The topological polar surface area (TPSA) is 86.5 Å². The van der Waals surface area contributed by atoms with E-state index < -0.39 is 0 Å². The Labute approximate surface area is 204 Å². The van der Waals surface area contributed by atoms with Crippen LogP contribution in [0.4, 0.5) is 10.8 Å². The van der Waals surface area contributed by atoms with Crippen molar-refractivity contribution >= 4 is 34.0 Å². The molecule has 0 aliphatic rings. The summed E-state index contributed by atoms with van der Waals surface area (Å²) in [4.78, 5) is 30.8. The van der Waals surface area contributed by atoms with Gasteiger partial charge in [-0.05, 0) is 43.9 Å². The maximum Gasteiger partial charge on any atom is 0.306 e. The number of carbonyl (C=O) groups excluding carboxylic acids is 2. The molecule has 0 saturated carbocycles. The average Bonchev–Trinajstić information content (AvgIpc) is 3.35. The molecule has 3 aromatic rings. The van der Waals surface area contributed by atoms with Crippen molar-refractivity contribution in [1.29, 1.82) is 0 Å². The Hall–Kier alpha value is -3.20. The number of ether oxygens (including phenoxy) is 2. The van der Waals surface area contributed by atoms with Crippen LogP contribution in [0.3, 0.4) is 0 Å². The maximum absolute atomic E-state index is 12.4. The minimum atomic E-state index is -0.293. The van der Waals surface area contributed by atoms with E-state index in [0.29, 0.717) is 34.6 Å². The SMILES string of the molecule is COc1ccccc1N(C(C)=O)c1nc(COC(=O)CCc2c(C)nn(CC(C)C)c2C)cs1. The number of benzene rings is 1. The minimum Gasteiger partial charge on any atom is -0.495 e. The van der Waals surface area contributed by atoms with E-state index in [0.717, 1.165) is 23.5 Å². The van der Waals surface area contributed by atoms with Gasteiger partial charge in [-0.25, -0.2) is 4.98 Å². The molecule has 0 radical (unpaired) electrons. The third kappa shape index (κ3) is 6.02. The van der Waals surface area contributed by atoms with Crippen molar-refractivity contribution < 1.29 is 19.1 Å². The van der Waals surface area contributed by atoms with E-state index >= 15 is 0 Å². The highest BCUT2D eigenvalue weighted by Crippen LogP contribution is 2.35. The monoisotopic (exact) mass is 484 g/mol. The number of carbonyl (C=O) groups is 2. The first-order valence-electron chi connectivity index (χ1n) is 11.3. The number of methoxy groups -OCH3 is 1. The van der Waals surface area contributed by atoms with Crippen LogP contribution in [0.25, 0.3) is 0 Å². The van der Waals surface area contributed by atoms with Crippen molar-refractivity contribution in [3.63, 3.8) is 0 Å².